The van der Waals surface area contributed by atoms with Gasteiger partial charge < -0.3 is 14.7 Å². The molecule has 8 heteroatoms. The summed E-state index contributed by atoms with van der Waals surface area (Å²) in [7, 11) is 0. The van der Waals surface area contributed by atoms with E-state index in [0.717, 1.165) is 11.3 Å². The largest absolute Gasteiger partial charge is 0.361 e. The zero-order valence-corrected chi connectivity index (χ0v) is 14.9. The molecule has 2 aromatic heterocycles. The van der Waals surface area contributed by atoms with Gasteiger partial charge in [-0.1, -0.05) is 35.5 Å². The predicted octanol–water partition coefficient (Wildman–Crippen LogP) is 1.77. The molecule has 0 saturated carbocycles. The number of carbonyl (C=O) groups excluding carboxylic acids is 2. The molecule has 0 aliphatic carbocycles. The summed E-state index contributed by atoms with van der Waals surface area (Å²) in [4.78, 5) is 26.6. The lowest BCUT2D eigenvalue weighted by Crippen LogP contribution is -2.38. The Hall–Kier alpha value is -3.42. The Morgan fingerprint density at radius 1 is 1.15 bits per heavy atom. The van der Waals surface area contributed by atoms with Crippen LogP contribution in [0, 0.1) is 6.92 Å². The van der Waals surface area contributed by atoms with Crippen LogP contribution in [0.1, 0.15) is 38.0 Å². The molecular formula is C19H19N5O3. The number of nitrogens with one attached hydrogen (secondary N) is 1. The molecule has 1 aromatic carbocycles. The van der Waals surface area contributed by atoms with Gasteiger partial charge in [0.25, 0.3) is 11.8 Å². The van der Waals surface area contributed by atoms with Crippen LogP contribution < -0.4 is 5.32 Å². The van der Waals surface area contributed by atoms with Crippen molar-refractivity contribution in [1.29, 1.82) is 0 Å². The van der Waals surface area contributed by atoms with Crippen molar-refractivity contribution in [1.82, 2.24) is 25.2 Å². The van der Waals surface area contributed by atoms with Crippen molar-refractivity contribution in [3.63, 3.8) is 0 Å². The van der Waals surface area contributed by atoms with Gasteiger partial charge in [0.15, 0.2) is 11.4 Å². The predicted molar refractivity (Wildman–Crippen MR) is 95.8 cm³/mol. The second kappa shape index (κ2) is 7.06. The Balaban J connectivity index is 1.42. The van der Waals surface area contributed by atoms with E-state index in [9.17, 15) is 9.59 Å². The van der Waals surface area contributed by atoms with Crippen molar-refractivity contribution in [2.75, 3.05) is 6.54 Å². The number of fused-ring (bicyclic) bond motifs is 1. The number of amides is 2. The van der Waals surface area contributed by atoms with Crippen LogP contribution in [0.15, 0.2) is 47.0 Å². The van der Waals surface area contributed by atoms with Crippen LogP contribution in [0.2, 0.25) is 0 Å². The lowest BCUT2D eigenvalue weighted by atomic mass is 10.2. The Bertz CT molecular complexity index is 976. The molecule has 3 aromatic rings. The fourth-order valence-electron chi connectivity index (χ4n) is 3.05. The van der Waals surface area contributed by atoms with Crippen molar-refractivity contribution < 1.29 is 14.1 Å². The maximum atomic E-state index is 12.5. The first-order valence-electron chi connectivity index (χ1n) is 8.71. The molecule has 1 N–H and O–H groups in total. The highest BCUT2D eigenvalue weighted by molar-refractivity contribution is 5.93. The number of nitrogens with zero attached hydrogens (tertiary/aromatic N) is 4. The normalized spacial score (nSPS) is 13.3. The monoisotopic (exact) mass is 365 g/mol. The quantitative estimate of drug-likeness (QED) is 0.760. The van der Waals surface area contributed by atoms with Crippen molar-refractivity contribution in [2.24, 2.45) is 0 Å². The highest BCUT2D eigenvalue weighted by Gasteiger charge is 2.26. The van der Waals surface area contributed by atoms with Crippen molar-refractivity contribution in [2.45, 2.75) is 26.6 Å². The molecule has 2 amide bonds. The number of benzene rings is 1. The molecule has 0 unspecified atom stereocenters. The van der Waals surface area contributed by atoms with Crippen molar-refractivity contribution in [3.8, 4) is 0 Å². The van der Waals surface area contributed by atoms with E-state index in [1.54, 1.807) is 28.6 Å². The number of aromatic nitrogens is 3. The Kier molecular flexibility index (Phi) is 4.45. The molecule has 27 heavy (non-hydrogen) atoms. The van der Waals surface area contributed by atoms with Crippen molar-refractivity contribution >= 4 is 11.8 Å². The van der Waals surface area contributed by atoms with Gasteiger partial charge in [-0.05, 0) is 18.6 Å². The maximum Gasteiger partial charge on any atom is 0.276 e. The maximum absolute atomic E-state index is 12.5. The summed E-state index contributed by atoms with van der Waals surface area (Å²) >= 11 is 0. The van der Waals surface area contributed by atoms with E-state index in [1.807, 2.05) is 30.3 Å². The molecule has 0 fully saturated rings. The molecule has 0 atom stereocenters. The highest BCUT2D eigenvalue weighted by Crippen LogP contribution is 2.16. The number of carbonyl (C=O) groups is 2. The smallest absolute Gasteiger partial charge is 0.276 e. The molecule has 0 saturated heterocycles. The number of rotatable bonds is 4. The molecule has 4 rings (SSSR count). The molecule has 1 aliphatic heterocycles. The standard InChI is InChI=1S/C19H19N5O3/c1-13-9-17(22-27-13)19(26)23-7-8-24-15(12-23)10-16(21-24)18(25)20-11-14-5-3-2-4-6-14/h2-6,9-10H,7-8,11-12H2,1H3,(H,20,25). The summed E-state index contributed by atoms with van der Waals surface area (Å²) in [5.41, 5.74) is 2.49. The molecule has 1 aliphatic rings. The molecule has 138 valence electrons. The number of hydrogen-bond acceptors (Lipinski definition) is 5. The van der Waals surface area contributed by atoms with Crippen LogP contribution >= 0.6 is 0 Å². The van der Waals surface area contributed by atoms with Gasteiger partial charge >= 0.3 is 0 Å². The van der Waals surface area contributed by atoms with Crippen LogP contribution in [0.25, 0.3) is 0 Å². The lowest BCUT2D eigenvalue weighted by molar-refractivity contribution is 0.0695. The van der Waals surface area contributed by atoms with Gasteiger partial charge in [-0.25, -0.2) is 0 Å². The second-order valence-electron chi connectivity index (χ2n) is 6.46. The fraction of sp³-hybridized carbons (Fsp3) is 0.263. The van der Waals surface area contributed by atoms with Crippen LogP contribution in [-0.4, -0.2) is 38.2 Å². The summed E-state index contributed by atoms with van der Waals surface area (Å²) in [6, 6.07) is 13.0. The number of aryl methyl sites for hydroxylation is 1. The van der Waals surface area contributed by atoms with Gasteiger partial charge in [-0.15, -0.1) is 0 Å². The molecule has 0 radical (unpaired) electrons. The first-order chi connectivity index (χ1) is 13.1. The Morgan fingerprint density at radius 3 is 2.70 bits per heavy atom. The van der Waals surface area contributed by atoms with Crippen LogP contribution in [0.5, 0.6) is 0 Å². The fourth-order valence-corrected chi connectivity index (χ4v) is 3.05. The minimum absolute atomic E-state index is 0.186. The van der Waals surface area contributed by atoms with Gasteiger partial charge in [0.05, 0.1) is 18.8 Å². The van der Waals surface area contributed by atoms with Gasteiger partial charge in [-0.2, -0.15) is 5.10 Å². The summed E-state index contributed by atoms with van der Waals surface area (Å²) in [6.07, 6.45) is 0. The minimum atomic E-state index is -0.231. The van der Waals surface area contributed by atoms with E-state index in [1.165, 1.54) is 0 Å². The summed E-state index contributed by atoms with van der Waals surface area (Å²) < 4.78 is 6.75. The third-order valence-corrected chi connectivity index (χ3v) is 4.46. The Labute approximate surface area is 155 Å². The molecule has 3 heterocycles. The zero-order chi connectivity index (χ0) is 18.8. The molecule has 0 spiro atoms. The topological polar surface area (TPSA) is 93.3 Å². The first kappa shape index (κ1) is 17.0. The van der Waals surface area contributed by atoms with Gasteiger partial charge in [0.2, 0.25) is 0 Å². The van der Waals surface area contributed by atoms with E-state index in [0.29, 0.717) is 43.3 Å². The summed E-state index contributed by atoms with van der Waals surface area (Å²) in [5.74, 6) is 0.179. The average Bonchev–Trinajstić information content (AvgIpc) is 3.32. The van der Waals surface area contributed by atoms with Crippen LogP contribution in [-0.2, 0) is 19.6 Å². The first-order valence-corrected chi connectivity index (χ1v) is 8.71. The Morgan fingerprint density at radius 2 is 1.96 bits per heavy atom. The van der Waals surface area contributed by atoms with E-state index in [-0.39, 0.29) is 11.8 Å². The van der Waals surface area contributed by atoms with Gasteiger partial charge in [0, 0.05) is 19.2 Å². The van der Waals surface area contributed by atoms with Crippen molar-refractivity contribution in [3.05, 3.63) is 70.9 Å². The third-order valence-electron chi connectivity index (χ3n) is 4.46. The van der Waals surface area contributed by atoms with Gasteiger partial charge in [0.1, 0.15) is 5.76 Å². The SMILES string of the molecule is Cc1cc(C(=O)N2CCn3nc(C(=O)NCc4ccccc4)cc3C2)no1. The summed E-state index contributed by atoms with van der Waals surface area (Å²) in [5, 5.41) is 11.0. The van der Waals surface area contributed by atoms with E-state index < -0.39 is 0 Å². The number of hydrogen-bond donors (Lipinski definition) is 1. The zero-order valence-electron chi connectivity index (χ0n) is 14.9. The lowest BCUT2D eigenvalue weighted by Gasteiger charge is -2.26. The van der Waals surface area contributed by atoms with E-state index in [2.05, 4.69) is 15.6 Å². The molecule has 0 bridgehead atoms. The molecular weight excluding hydrogens is 346 g/mol. The third kappa shape index (κ3) is 3.59. The second-order valence-corrected chi connectivity index (χ2v) is 6.46. The van der Waals surface area contributed by atoms with E-state index >= 15 is 0 Å². The van der Waals surface area contributed by atoms with Gasteiger partial charge in [-0.3, -0.25) is 14.3 Å². The van der Waals surface area contributed by atoms with Crippen LogP contribution in [0.4, 0.5) is 0 Å². The molecule has 8 nitrogen and oxygen atoms in total. The minimum Gasteiger partial charge on any atom is -0.361 e. The average molecular weight is 365 g/mol. The van der Waals surface area contributed by atoms with Crippen LogP contribution in [0.3, 0.4) is 0 Å². The summed E-state index contributed by atoms with van der Waals surface area (Å²) in [6.45, 7) is 3.60. The highest BCUT2D eigenvalue weighted by atomic mass is 16.5. The van der Waals surface area contributed by atoms with E-state index in [4.69, 9.17) is 4.52 Å².